The van der Waals surface area contributed by atoms with Crippen LogP contribution in [-0.2, 0) is 0 Å². The van der Waals surface area contributed by atoms with Gasteiger partial charge in [-0.1, -0.05) is 0 Å². The predicted molar refractivity (Wildman–Crippen MR) is 70.8 cm³/mol. The molecule has 0 aromatic carbocycles. The van der Waals surface area contributed by atoms with Crippen LogP contribution in [0.15, 0.2) is 4.47 Å². The standard InChI is InChI=1S/C11H17BrN4O/c1-6-9(12)10(16-11(13)14-6)15-7-2-4-8(17)5-3-7/h7-8,17H,2-5H2,1H3,(H3,13,14,15,16). The number of aliphatic hydroxyl groups excluding tert-OH is 1. The lowest BCUT2D eigenvalue weighted by Crippen LogP contribution is -2.28. The molecule has 0 unspecified atom stereocenters. The molecule has 0 spiro atoms. The number of hydrogen-bond acceptors (Lipinski definition) is 5. The minimum Gasteiger partial charge on any atom is -0.393 e. The molecule has 1 aliphatic carbocycles. The first-order chi connectivity index (χ1) is 8.06. The van der Waals surface area contributed by atoms with Crippen LogP contribution in [0.2, 0.25) is 0 Å². The van der Waals surface area contributed by atoms with E-state index in [1.165, 1.54) is 0 Å². The summed E-state index contributed by atoms with van der Waals surface area (Å²) in [5.41, 5.74) is 6.46. The summed E-state index contributed by atoms with van der Waals surface area (Å²) in [5.74, 6) is 1.03. The third kappa shape index (κ3) is 3.07. The Hall–Kier alpha value is -0.880. The van der Waals surface area contributed by atoms with Gasteiger partial charge in [0.15, 0.2) is 0 Å². The molecule has 2 rings (SSSR count). The number of nitrogens with zero attached hydrogens (tertiary/aromatic N) is 2. The van der Waals surface area contributed by atoms with Crippen molar-refractivity contribution < 1.29 is 5.11 Å². The fourth-order valence-corrected chi connectivity index (χ4v) is 2.38. The second kappa shape index (κ2) is 5.18. The van der Waals surface area contributed by atoms with Gasteiger partial charge in [0, 0.05) is 6.04 Å². The second-order valence-electron chi connectivity index (χ2n) is 4.48. The monoisotopic (exact) mass is 300 g/mol. The smallest absolute Gasteiger partial charge is 0.222 e. The van der Waals surface area contributed by atoms with Crippen LogP contribution in [-0.4, -0.2) is 27.2 Å². The topological polar surface area (TPSA) is 84.1 Å². The molecule has 1 saturated carbocycles. The highest BCUT2D eigenvalue weighted by Crippen LogP contribution is 2.27. The second-order valence-corrected chi connectivity index (χ2v) is 5.27. The maximum atomic E-state index is 9.45. The Morgan fingerprint density at radius 2 is 1.94 bits per heavy atom. The minimum absolute atomic E-state index is 0.145. The first-order valence-electron chi connectivity index (χ1n) is 5.80. The van der Waals surface area contributed by atoms with Crippen molar-refractivity contribution >= 4 is 27.7 Å². The summed E-state index contributed by atoms with van der Waals surface area (Å²) in [6.45, 7) is 1.89. The summed E-state index contributed by atoms with van der Waals surface area (Å²) in [6.07, 6.45) is 3.45. The molecule has 5 nitrogen and oxygen atoms in total. The lowest BCUT2D eigenvalue weighted by Gasteiger charge is -2.27. The van der Waals surface area contributed by atoms with Crippen molar-refractivity contribution in [3.8, 4) is 0 Å². The Balaban J connectivity index is 2.08. The molecule has 0 atom stereocenters. The van der Waals surface area contributed by atoms with Crippen molar-refractivity contribution in [2.24, 2.45) is 0 Å². The highest BCUT2D eigenvalue weighted by atomic mass is 79.9. The van der Waals surface area contributed by atoms with E-state index in [0.717, 1.165) is 41.7 Å². The van der Waals surface area contributed by atoms with E-state index in [9.17, 15) is 5.11 Å². The Morgan fingerprint density at radius 3 is 2.59 bits per heavy atom. The number of nitrogen functional groups attached to an aromatic ring is 1. The molecular formula is C11H17BrN4O. The molecular weight excluding hydrogens is 284 g/mol. The van der Waals surface area contributed by atoms with Gasteiger partial charge in [0.2, 0.25) is 5.95 Å². The Kier molecular flexibility index (Phi) is 3.83. The number of hydrogen-bond donors (Lipinski definition) is 3. The fourth-order valence-electron chi connectivity index (χ4n) is 2.09. The molecule has 0 saturated heterocycles. The molecule has 6 heteroatoms. The minimum atomic E-state index is -0.145. The van der Waals surface area contributed by atoms with E-state index in [-0.39, 0.29) is 12.1 Å². The number of anilines is 2. The average molecular weight is 301 g/mol. The van der Waals surface area contributed by atoms with Crippen LogP contribution >= 0.6 is 15.9 Å². The van der Waals surface area contributed by atoms with Gasteiger partial charge in [0.25, 0.3) is 0 Å². The molecule has 0 radical (unpaired) electrons. The van der Waals surface area contributed by atoms with Gasteiger partial charge in [-0.15, -0.1) is 0 Å². The quantitative estimate of drug-likeness (QED) is 0.776. The Labute approximate surface area is 109 Å². The summed E-state index contributed by atoms with van der Waals surface area (Å²) in [7, 11) is 0. The molecule has 4 N–H and O–H groups in total. The van der Waals surface area contributed by atoms with Crippen LogP contribution in [0.1, 0.15) is 31.4 Å². The number of halogens is 1. The van der Waals surface area contributed by atoms with Crippen molar-refractivity contribution in [1.82, 2.24) is 9.97 Å². The van der Waals surface area contributed by atoms with Gasteiger partial charge >= 0.3 is 0 Å². The summed E-state index contributed by atoms with van der Waals surface area (Å²) in [4.78, 5) is 8.27. The van der Waals surface area contributed by atoms with Crippen molar-refractivity contribution in [2.45, 2.75) is 44.8 Å². The van der Waals surface area contributed by atoms with Crippen LogP contribution in [0.25, 0.3) is 0 Å². The predicted octanol–water partition coefficient (Wildman–Crippen LogP) is 1.85. The van der Waals surface area contributed by atoms with Crippen LogP contribution in [0.3, 0.4) is 0 Å². The molecule has 1 fully saturated rings. The van der Waals surface area contributed by atoms with E-state index in [2.05, 4.69) is 31.2 Å². The average Bonchev–Trinajstić information content (AvgIpc) is 2.28. The van der Waals surface area contributed by atoms with Crippen molar-refractivity contribution in [1.29, 1.82) is 0 Å². The molecule has 0 bridgehead atoms. The SMILES string of the molecule is Cc1nc(N)nc(NC2CCC(O)CC2)c1Br. The zero-order valence-corrected chi connectivity index (χ0v) is 11.4. The molecule has 1 aliphatic rings. The number of nitrogens with two attached hydrogens (primary N) is 1. The number of aryl methyl sites for hydroxylation is 1. The van der Waals surface area contributed by atoms with E-state index in [0.29, 0.717) is 6.04 Å². The molecule has 0 amide bonds. The van der Waals surface area contributed by atoms with Crippen molar-refractivity contribution in [3.63, 3.8) is 0 Å². The number of nitrogens with one attached hydrogen (secondary N) is 1. The zero-order valence-electron chi connectivity index (χ0n) is 9.78. The molecule has 1 aromatic rings. The van der Waals surface area contributed by atoms with Gasteiger partial charge in [-0.3, -0.25) is 0 Å². The first-order valence-corrected chi connectivity index (χ1v) is 6.59. The van der Waals surface area contributed by atoms with Gasteiger partial charge in [-0.25, -0.2) is 4.98 Å². The third-order valence-corrected chi connectivity index (χ3v) is 4.02. The maximum absolute atomic E-state index is 9.45. The summed E-state index contributed by atoms with van der Waals surface area (Å²) >= 11 is 3.46. The fraction of sp³-hybridized carbons (Fsp3) is 0.636. The Morgan fingerprint density at radius 1 is 1.29 bits per heavy atom. The van der Waals surface area contributed by atoms with Crippen LogP contribution in [0, 0.1) is 6.92 Å². The molecule has 17 heavy (non-hydrogen) atoms. The molecule has 0 aliphatic heterocycles. The van der Waals surface area contributed by atoms with Crippen LogP contribution in [0.5, 0.6) is 0 Å². The number of rotatable bonds is 2. The third-order valence-electron chi connectivity index (χ3n) is 3.07. The Bertz CT molecular complexity index is 405. The van der Waals surface area contributed by atoms with Gasteiger partial charge in [0.1, 0.15) is 5.82 Å². The lowest BCUT2D eigenvalue weighted by atomic mass is 9.93. The van der Waals surface area contributed by atoms with Gasteiger partial charge in [-0.2, -0.15) is 4.98 Å². The van der Waals surface area contributed by atoms with Gasteiger partial charge in [0.05, 0.1) is 16.3 Å². The van der Waals surface area contributed by atoms with E-state index in [1.807, 2.05) is 6.92 Å². The summed E-state index contributed by atoms with van der Waals surface area (Å²) in [6, 6.07) is 0.350. The molecule has 1 aromatic heterocycles. The van der Waals surface area contributed by atoms with E-state index in [4.69, 9.17) is 5.73 Å². The normalized spacial score (nSPS) is 24.6. The van der Waals surface area contributed by atoms with Crippen LogP contribution in [0.4, 0.5) is 11.8 Å². The van der Waals surface area contributed by atoms with E-state index in [1.54, 1.807) is 0 Å². The van der Waals surface area contributed by atoms with Gasteiger partial charge in [-0.05, 0) is 48.5 Å². The maximum Gasteiger partial charge on any atom is 0.222 e. The number of aromatic nitrogens is 2. The molecule has 94 valence electrons. The van der Waals surface area contributed by atoms with Crippen molar-refractivity contribution in [2.75, 3.05) is 11.1 Å². The highest BCUT2D eigenvalue weighted by molar-refractivity contribution is 9.10. The summed E-state index contributed by atoms with van der Waals surface area (Å²) < 4.78 is 0.859. The van der Waals surface area contributed by atoms with E-state index >= 15 is 0 Å². The lowest BCUT2D eigenvalue weighted by molar-refractivity contribution is 0.126. The number of aliphatic hydroxyl groups is 1. The molecule has 1 heterocycles. The zero-order chi connectivity index (χ0) is 12.4. The highest BCUT2D eigenvalue weighted by Gasteiger charge is 2.20. The van der Waals surface area contributed by atoms with Crippen molar-refractivity contribution in [3.05, 3.63) is 10.2 Å². The largest absolute Gasteiger partial charge is 0.393 e. The first kappa shape index (κ1) is 12.6. The summed E-state index contributed by atoms with van der Waals surface area (Å²) in [5, 5.41) is 12.8. The van der Waals surface area contributed by atoms with E-state index < -0.39 is 0 Å². The van der Waals surface area contributed by atoms with Gasteiger partial charge < -0.3 is 16.2 Å². The van der Waals surface area contributed by atoms with Crippen LogP contribution < -0.4 is 11.1 Å².